The van der Waals surface area contributed by atoms with Crippen LogP contribution in [0, 0.1) is 22.7 Å². The predicted octanol–water partition coefficient (Wildman–Crippen LogP) is 5.35. The minimum atomic E-state index is -0.153. The minimum absolute atomic E-state index is 0.153. The monoisotopic (exact) mass is 386 g/mol. The Morgan fingerprint density at radius 2 is 2.27 bits per heavy atom. The highest BCUT2D eigenvalue weighted by Gasteiger charge is 2.30. The number of thiophene rings is 1. The van der Waals surface area contributed by atoms with E-state index >= 15 is 0 Å². The number of hydrogen-bond acceptors (Lipinski definition) is 5. The Bertz CT molecular complexity index is 835. The highest BCUT2D eigenvalue weighted by molar-refractivity contribution is 8.00. The summed E-state index contributed by atoms with van der Waals surface area (Å²) in [6.07, 6.45) is 5.43. The number of thioether (sulfide) groups is 1. The van der Waals surface area contributed by atoms with Crippen molar-refractivity contribution >= 4 is 23.1 Å². The molecule has 0 N–H and O–H groups in total. The molecule has 2 atom stereocenters. The second-order valence-corrected chi connectivity index (χ2v) is 10.4. The highest BCUT2D eigenvalue weighted by atomic mass is 32.2. The van der Waals surface area contributed by atoms with Crippen molar-refractivity contribution in [3.63, 3.8) is 0 Å². The Balaban J connectivity index is 1.92. The zero-order valence-corrected chi connectivity index (χ0v) is 17.6. The van der Waals surface area contributed by atoms with Crippen LogP contribution in [0.25, 0.3) is 10.7 Å². The summed E-state index contributed by atoms with van der Waals surface area (Å²) >= 11 is 3.30. The molecule has 2 aromatic rings. The van der Waals surface area contributed by atoms with Crippen LogP contribution < -0.4 is 0 Å². The number of aryl methyl sites for hydroxylation is 1. The minimum Gasteiger partial charge on any atom is -0.297 e. The van der Waals surface area contributed by atoms with Crippen molar-refractivity contribution in [2.24, 2.45) is 11.3 Å². The lowest BCUT2D eigenvalue weighted by Crippen LogP contribution is -2.26. The normalized spacial score (nSPS) is 18.2. The molecule has 0 aromatic carbocycles. The fourth-order valence-electron chi connectivity index (χ4n) is 3.41. The van der Waals surface area contributed by atoms with E-state index in [1.165, 1.54) is 33.5 Å². The molecular weight excluding hydrogens is 360 g/mol. The van der Waals surface area contributed by atoms with Crippen LogP contribution >= 0.6 is 23.1 Å². The van der Waals surface area contributed by atoms with Crippen molar-refractivity contribution in [1.29, 1.82) is 5.26 Å². The molecule has 2 heterocycles. The maximum absolute atomic E-state index is 9.10. The first kappa shape index (κ1) is 19.2. The van der Waals surface area contributed by atoms with Crippen molar-refractivity contribution in [1.82, 2.24) is 14.8 Å². The van der Waals surface area contributed by atoms with E-state index in [9.17, 15) is 0 Å². The second-order valence-electron chi connectivity index (χ2n) is 7.96. The van der Waals surface area contributed by atoms with Crippen molar-refractivity contribution in [3.05, 3.63) is 29.2 Å². The quantitative estimate of drug-likeness (QED) is 0.513. The molecule has 0 saturated heterocycles. The largest absolute Gasteiger partial charge is 0.297 e. The van der Waals surface area contributed by atoms with Gasteiger partial charge in [-0.2, -0.15) is 5.26 Å². The smallest absolute Gasteiger partial charge is 0.193 e. The molecule has 0 bridgehead atoms. The summed E-state index contributed by atoms with van der Waals surface area (Å²) < 4.78 is 2.07. The number of aromatic nitrogens is 3. The fourth-order valence-corrected chi connectivity index (χ4v) is 5.36. The zero-order valence-electron chi connectivity index (χ0n) is 16.0. The molecule has 1 aliphatic carbocycles. The van der Waals surface area contributed by atoms with Gasteiger partial charge < -0.3 is 0 Å². The van der Waals surface area contributed by atoms with Crippen LogP contribution in [0.2, 0.25) is 0 Å². The SMILES string of the molecule is C=CCn1c(S[C@@H](C)C#N)nnc1-c1cc2c(s1)CC[C@H](C(C)(C)C)C2. The van der Waals surface area contributed by atoms with E-state index in [2.05, 4.69) is 54.3 Å². The number of nitriles is 1. The summed E-state index contributed by atoms with van der Waals surface area (Å²) in [5, 5.41) is 18.5. The molecule has 0 spiro atoms. The number of nitrogens with zero attached hydrogens (tertiary/aromatic N) is 4. The molecule has 26 heavy (non-hydrogen) atoms. The van der Waals surface area contributed by atoms with Gasteiger partial charge in [0.05, 0.1) is 16.2 Å². The van der Waals surface area contributed by atoms with Crippen LogP contribution in [0.1, 0.15) is 44.6 Å². The molecule has 2 aromatic heterocycles. The Labute approximate surface area is 164 Å². The molecule has 0 amide bonds. The van der Waals surface area contributed by atoms with Gasteiger partial charge in [0.25, 0.3) is 0 Å². The molecule has 138 valence electrons. The standard InChI is InChI=1S/C20H26N4S2/c1-6-9-24-18(22-23-19(24)25-13(2)12-21)17-11-14-10-15(20(3,4)5)7-8-16(14)26-17/h6,11,13,15H,1,7-10H2,2-5H3/t13-,15-/m0/s1. The average Bonchev–Trinajstić information content (AvgIpc) is 3.17. The molecule has 3 rings (SSSR count). The van der Waals surface area contributed by atoms with Crippen LogP contribution in [0.5, 0.6) is 0 Å². The van der Waals surface area contributed by atoms with Crippen LogP contribution in [0.3, 0.4) is 0 Å². The van der Waals surface area contributed by atoms with E-state index in [0.717, 1.165) is 29.7 Å². The number of fused-ring (bicyclic) bond motifs is 1. The number of allylic oxidation sites excluding steroid dienone is 1. The molecule has 0 saturated carbocycles. The lowest BCUT2D eigenvalue weighted by atomic mass is 9.72. The van der Waals surface area contributed by atoms with E-state index < -0.39 is 0 Å². The van der Waals surface area contributed by atoms with E-state index in [4.69, 9.17) is 5.26 Å². The molecule has 6 heteroatoms. The first-order chi connectivity index (χ1) is 12.3. The summed E-state index contributed by atoms with van der Waals surface area (Å²) in [6, 6.07) is 4.56. The Kier molecular flexibility index (Phi) is 5.59. The summed E-state index contributed by atoms with van der Waals surface area (Å²) in [5.41, 5.74) is 1.82. The third kappa shape index (κ3) is 3.89. The molecule has 0 fully saturated rings. The predicted molar refractivity (Wildman–Crippen MR) is 109 cm³/mol. The molecule has 0 unspecified atom stereocenters. The van der Waals surface area contributed by atoms with Crippen molar-refractivity contribution in [2.75, 3.05) is 0 Å². The number of rotatable bonds is 5. The van der Waals surface area contributed by atoms with E-state index in [-0.39, 0.29) is 5.25 Å². The average molecular weight is 387 g/mol. The van der Waals surface area contributed by atoms with Crippen LogP contribution in [0.4, 0.5) is 0 Å². The Hall–Kier alpha value is -1.58. The van der Waals surface area contributed by atoms with Gasteiger partial charge in [-0.3, -0.25) is 4.57 Å². The van der Waals surface area contributed by atoms with Gasteiger partial charge >= 0.3 is 0 Å². The van der Waals surface area contributed by atoms with Gasteiger partial charge in [-0.05, 0) is 49.1 Å². The van der Waals surface area contributed by atoms with Gasteiger partial charge in [0.1, 0.15) is 0 Å². The van der Waals surface area contributed by atoms with E-state index in [0.29, 0.717) is 12.0 Å². The third-order valence-electron chi connectivity index (χ3n) is 5.02. The van der Waals surface area contributed by atoms with Crippen molar-refractivity contribution in [3.8, 4) is 16.8 Å². The lowest BCUT2D eigenvalue weighted by molar-refractivity contribution is 0.217. The van der Waals surface area contributed by atoms with Gasteiger partial charge in [-0.1, -0.05) is 38.6 Å². The molecule has 1 aliphatic rings. The Morgan fingerprint density at radius 1 is 1.50 bits per heavy atom. The van der Waals surface area contributed by atoms with Crippen molar-refractivity contribution in [2.45, 2.75) is 63.9 Å². The van der Waals surface area contributed by atoms with Crippen molar-refractivity contribution < 1.29 is 0 Å². The van der Waals surface area contributed by atoms with Crippen LogP contribution in [-0.2, 0) is 19.4 Å². The third-order valence-corrected chi connectivity index (χ3v) is 7.23. The Morgan fingerprint density at radius 3 is 2.92 bits per heavy atom. The molecule has 0 aliphatic heterocycles. The zero-order chi connectivity index (χ0) is 18.9. The van der Waals surface area contributed by atoms with Gasteiger partial charge in [-0.25, -0.2) is 0 Å². The first-order valence-corrected chi connectivity index (χ1v) is 10.8. The maximum atomic E-state index is 9.10. The lowest BCUT2D eigenvalue weighted by Gasteiger charge is -2.33. The maximum Gasteiger partial charge on any atom is 0.193 e. The van der Waals surface area contributed by atoms with Gasteiger partial charge in [0, 0.05) is 11.4 Å². The second kappa shape index (κ2) is 7.58. The first-order valence-electron chi connectivity index (χ1n) is 9.05. The van der Waals surface area contributed by atoms with Crippen LogP contribution in [0.15, 0.2) is 23.9 Å². The van der Waals surface area contributed by atoms with E-state index in [1.54, 1.807) is 0 Å². The summed E-state index contributed by atoms with van der Waals surface area (Å²) in [4.78, 5) is 2.67. The van der Waals surface area contributed by atoms with Gasteiger partial charge in [0.15, 0.2) is 11.0 Å². The number of hydrogen-bond donors (Lipinski definition) is 0. The fraction of sp³-hybridized carbons (Fsp3) is 0.550. The topological polar surface area (TPSA) is 54.5 Å². The highest BCUT2D eigenvalue weighted by Crippen LogP contribution is 2.42. The molecule has 4 nitrogen and oxygen atoms in total. The summed E-state index contributed by atoms with van der Waals surface area (Å²) in [6.45, 7) is 13.4. The summed E-state index contributed by atoms with van der Waals surface area (Å²) in [7, 11) is 0. The van der Waals surface area contributed by atoms with E-state index in [1.807, 2.05) is 24.3 Å². The van der Waals surface area contributed by atoms with Gasteiger partial charge in [0.2, 0.25) is 0 Å². The van der Waals surface area contributed by atoms with Gasteiger partial charge in [-0.15, -0.1) is 28.1 Å². The molecular formula is C20H26N4S2. The molecule has 0 radical (unpaired) electrons. The summed E-state index contributed by atoms with van der Waals surface area (Å²) in [5.74, 6) is 1.62. The van der Waals surface area contributed by atoms with Crippen LogP contribution in [-0.4, -0.2) is 20.0 Å².